The summed E-state index contributed by atoms with van der Waals surface area (Å²) in [6.07, 6.45) is 11.2. The van der Waals surface area contributed by atoms with E-state index in [0.717, 1.165) is 37.7 Å². The molecule has 0 atom stereocenters. The number of benzene rings is 1. The van der Waals surface area contributed by atoms with Crippen LogP contribution in [0, 0.1) is 11.3 Å². The number of anilines is 1. The predicted octanol–water partition coefficient (Wildman–Crippen LogP) is 6.93. The number of rotatable bonds is 8. The molecule has 3 rings (SSSR count). The highest BCUT2D eigenvalue weighted by atomic mass is 35.5. The lowest BCUT2D eigenvalue weighted by Gasteiger charge is -2.40. The van der Waals surface area contributed by atoms with Crippen molar-refractivity contribution in [2.75, 3.05) is 44.2 Å². The molecular formula is C29H47ClN2O2. The summed E-state index contributed by atoms with van der Waals surface area (Å²) in [7, 11) is 0. The third-order valence-corrected chi connectivity index (χ3v) is 7.69. The first-order valence-corrected chi connectivity index (χ1v) is 13.3. The third-order valence-electron chi connectivity index (χ3n) is 7.69. The van der Waals surface area contributed by atoms with Gasteiger partial charge in [-0.15, -0.1) is 12.4 Å². The number of esters is 1. The van der Waals surface area contributed by atoms with Crippen LogP contribution in [-0.2, 0) is 9.53 Å². The van der Waals surface area contributed by atoms with Gasteiger partial charge in [0.25, 0.3) is 0 Å². The molecule has 0 spiro atoms. The Morgan fingerprint density at radius 2 is 1.74 bits per heavy atom. The van der Waals surface area contributed by atoms with Crippen LogP contribution in [0.2, 0.25) is 0 Å². The van der Waals surface area contributed by atoms with Crippen LogP contribution in [0.15, 0.2) is 24.3 Å². The van der Waals surface area contributed by atoms with Gasteiger partial charge in [-0.05, 0) is 86.1 Å². The lowest BCUT2D eigenvalue weighted by Crippen LogP contribution is -2.47. The summed E-state index contributed by atoms with van der Waals surface area (Å²) in [5, 5.41) is 0. The third kappa shape index (κ3) is 8.02. The number of carbonyl (C=O) groups excluding carboxylic acids is 1. The Kier molecular flexibility index (Phi) is 11.4. The van der Waals surface area contributed by atoms with Crippen LogP contribution in [0.1, 0.15) is 90.2 Å². The Morgan fingerprint density at radius 3 is 2.32 bits per heavy atom. The zero-order valence-corrected chi connectivity index (χ0v) is 23.0. The van der Waals surface area contributed by atoms with Crippen LogP contribution in [0.4, 0.5) is 5.69 Å². The minimum absolute atomic E-state index is 0. The Hall–Kier alpha value is -1.52. The first kappa shape index (κ1) is 28.7. The van der Waals surface area contributed by atoms with Crippen molar-refractivity contribution in [3.8, 4) is 0 Å². The molecule has 1 saturated heterocycles. The van der Waals surface area contributed by atoms with E-state index in [-0.39, 0.29) is 18.4 Å². The van der Waals surface area contributed by atoms with Crippen LogP contribution in [0.5, 0.6) is 0 Å². The Morgan fingerprint density at radius 1 is 1.06 bits per heavy atom. The first-order chi connectivity index (χ1) is 15.8. The highest BCUT2D eigenvalue weighted by Crippen LogP contribution is 2.45. The van der Waals surface area contributed by atoms with Crippen molar-refractivity contribution in [2.45, 2.75) is 79.1 Å². The van der Waals surface area contributed by atoms with Crippen molar-refractivity contribution < 1.29 is 9.53 Å². The van der Waals surface area contributed by atoms with E-state index < -0.39 is 0 Å². The van der Waals surface area contributed by atoms with Gasteiger partial charge in [0.05, 0.1) is 6.61 Å². The predicted molar refractivity (Wildman–Crippen MR) is 147 cm³/mol. The molecule has 0 amide bonds. The van der Waals surface area contributed by atoms with Crippen molar-refractivity contribution in [1.29, 1.82) is 0 Å². The highest BCUT2D eigenvalue weighted by molar-refractivity contribution is 5.87. The highest BCUT2D eigenvalue weighted by Gasteiger charge is 2.32. The second-order valence-electron chi connectivity index (χ2n) is 11.0. The molecule has 2 aliphatic rings. The molecule has 1 aliphatic heterocycles. The van der Waals surface area contributed by atoms with Gasteiger partial charge in [0.2, 0.25) is 0 Å². The van der Waals surface area contributed by atoms with E-state index in [0.29, 0.717) is 17.9 Å². The van der Waals surface area contributed by atoms with Crippen molar-refractivity contribution in [2.24, 2.45) is 11.3 Å². The summed E-state index contributed by atoms with van der Waals surface area (Å²) in [6, 6.07) is 6.83. The molecule has 4 nitrogen and oxygen atoms in total. The van der Waals surface area contributed by atoms with Gasteiger partial charge in [-0.2, -0.15) is 0 Å². The van der Waals surface area contributed by atoms with E-state index in [1.165, 1.54) is 56.3 Å². The lowest BCUT2D eigenvalue weighted by atomic mass is 9.68. The number of hydrogen-bond acceptors (Lipinski definition) is 4. The van der Waals surface area contributed by atoms with Gasteiger partial charge in [0.15, 0.2) is 0 Å². The monoisotopic (exact) mass is 490 g/mol. The van der Waals surface area contributed by atoms with Gasteiger partial charge in [-0.3, -0.25) is 4.90 Å². The number of unbranched alkanes of at least 4 members (excludes halogenated alkanes) is 1. The molecule has 1 saturated carbocycles. The maximum atomic E-state index is 11.8. The van der Waals surface area contributed by atoms with Crippen LogP contribution >= 0.6 is 12.4 Å². The molecule has 2 fully saturated rings. The van der Waals surface area contributed by atoms with Gasteiger partial charge >= 0.3 is 5.97 Å². The summed E-state index contributed by atoms with van der Waals surface area (Å²) >= 11 is 0. The van der Waals surface area contributed by atoms with Gasteiger partial charge in [-0.25, -0.2) is 4.79 Å². The maximum Gasteiger partial charge on any atom is 0.330 e. The van der Waals surface area contributed by atoms with Crippen LogP contribution in [0.25, 0.3) is 6.08 Å². The van der Waals surface area contributed by atoms with Crippen LogP contribution < -0.4 is 4.90 Å². The van der Waals surface area contributed by atoms with Crippen molar-refractivity contribution in [3.05, 3.63) is 35.4 Å². The molecule has 192 valence electrons. The average molecular weight is 491 g/mol. The molecule has 0 bridgehead atoms. The zero-order valence-electron chi connectivity index (χ0n) is 22.1. The molecule has 0 N–H and O–H groups in total. The van der Waals surface area contributed by atoms with Gasteiger partial charge < -0.3 is 9.64 Å². The number of nitrogens with zero attached hydrogens (tertiary/aromatic N) is 2. The maximum absolute atomic E-state index is 11.8. The first-order valence-electron chi connectivity index (χ1n) is 13.3. The van der Waals surface area contributed by atoms with Gasteiger partial charge in [0, 0.05) is 37.9 Å². The van der Waals surface area contributed by atoms with Crippen molar-refractivity contribution >= 4 is 30.1 Å². The zero-order chi connectivity index (χ0) is 23.8. The van der Waals surface area contributed by atoms with Gasteiger partial charge in [0.1, 0.15) is 0 Å². The summed E-state index contributed by atoms with van der Waals surface area (Å²) in [6.45, 7) is 17.4. The molecule has 34 heavy (non-hydrogen) atoms. The lowest BCUT2D eigenvalue weighted by molar-refractivity contribution is -0.137. The smallest absolute Gasteiger partial charge is 0.330 e. The van der Waals surface area contributed by atoms with E-state index in [4.69, 9.17) is 4.74 Å². The molecule has 0 radical (unpaired) electrons. The average Bonchev–Trinajstić information content (AvgIpc) is 2.81. The normalized spacial score (nSPS) is 22.0. The van der Waals surface area contributed by atoms with E-state index >= 15 is 0 Å². The molecule has 1 aromatic carbocycles. The van der Waals surface area contributed by atoms with Crippen molar-refractivity contribution in [1.82, 2.24) is 4.90 Å². The standard InChI is InChI=1S/C29H46N2O2.ClH/c1-6-8-17-30-18-20-31(21-19-30)27-22-23(10-16-28(32)33-7-2)9-15-26(27)24-11-13-25(14-12-24)29(3,4)5;/h9-10,15-16,22,24-25H,6-8,11-14,17-21H2,1-5H3;1H/b16-10+;. The molecule has 0 aromatic heterocycles. The van der Waals surface area contributed by atoms with E-state index in [1.54, 1.807) is 6.08 Å². The number of halogens is 1. The summed E-state index contributed by atoms with van der Waals surface area (Å²) in [5.41, 5.74) is 4.39. The molecular weight excluding hydrogens is 444 g/mol. The fourth-order valence-electron chi connectivity index (χ4n) is 5.50. The molecule has 1 heterocycles. The number of ether oxygens (including phenoxy) is 1. The fourth-order valence-corrected chi connectivity index (χ4v) is 5.50. The summed E-state index contributed by atoms with van der Waals surface area (Å²) in [5.74, 6) is 1.19. The fraction of sp³-hybridized carbons (Fsp3) is 0.690. The Balaban J connectivity index is 0.00000408. The Bertz CT molecular complexity index is 786. The molecule has 0 unspecified atom stereocenters. The van der Waals surface area contributed by atoms with Gasteiger partial charge in [-0.1, -0.05) is 46.2 Å². The molecule has 1 aliphatic carbocycles. The van der Waals surface area contributed by atoms with E-state index in [9.17, 15) is 4.79 Å². The molecule has 1 aromatic rings. The van der Waals surface area contributed by atoms with Crippen LogP contribution in [-0.4, -0.2) is 50.2 Å². The largest absolute Gasteiger partial charge is 0.463 e. The number of piperazine rings is 1. The number of hydrogen-bond donors (Lipinski definition) is 0. The second-order valence-corrected chi connectivity index (χ2v) is 11.0. The van der Waals surface area contributed by atoms with E-state index in [1.807, 2.05) is 13.0 Å². The number of carbonyl (C=O) groups is 1. The van der Waals surface area contributed by atoms with Crippen molar-refractivity contribution in [3.63, 3.8) is 0 Å². The second kappa shape index (κ2) is 13.5. The minimum Gasteiger partial charge on any atom is -0.463 e. The van der Waals surface area contributed by atoms with E-state index in [2.05, 4.69) is 55.7 Å². The molecule has 5 heteroatoms. The SMILES string of the molecule is CCCCN1CCN(c2cc(/C=C/C(=O)OCC)ccc2C2CCC(C(C)(C)C)CC2)CC1.Cl. The topological polar surface area (TPSA) is 32.8 Å². The Labute approximate surface area is 214 Å². The summed E-state index contributed by atoms with van der Waals surface area (Å²) < 4.78 is 5.07. The van der Waals surface area contributed by atoms with Crippen LogP contribution in [0.3, 0.4) is 0 Å². The minimum atomic E-state index is -0.270. The summed E-state index contributed by atoms with van der Waals surface area (Å²) in [4.78, 5) is 17.0. The quantitative estimate of drug-likeness (QED) is 0.292.